The molecule has 0 saturated carbocycles. The monoisotopic (exact) mass is 439 g/mol. The van der Waals surface area contributed by atoms with Gasteiger partial charge in [0, 0.05) is 29.7 Å². The molecule has 2 aromatic heterocycles. The van der Waals surface area contributed by atoms with E-state index >= 15 is 0 Å². The van der Waals surface area contributed by atoms with Crippen molar-refractivity contribution in [3.05, 3.63) is 47.6 Å². The zero-order valence-electron chi connectivity index (χ0n) is 17.3. The van der Waals surface area contributed by atoms with Crippen LogP contribution in [0.15, 0.2) is 42.6 Å². The van der Waals surface area contributed by atoms with Crippen molar-refractivity contribution in [3.63, 3.8) is 0 Å². The lowest BCUT2D eigenvalue weighted by Crippen LogP contribution is -2.34. The minimum atomic E-state index is -0.203. The fraction of sp³-hybridized carbons (Fsp3) is 0.238. The van der Waals surface area contributed by atoms with Crippen LogP contribution < -0.4 is 15.4 Å². The fourth-order valence-corrected chi connectivity index (χ4v) is 3.26. The number of aromatic amines is 1. The summed E-state index contributed by atoms with van der Waals surface area (Å²) in [5.41, 5.74) is 2.57. The van der Waals surface area contributed by atoms with Gasteiger partial charge in [0.05, 0.1) is 16.7 Å². The maximum absolute atomic E-state index is 11.8. The Morgan fingerprint density at radius 3 is 2.87 bits per heavy atom. The second-order valence-corrected chi connectivity index (χ2v) is 7.74. The molecular weight excluding hydrogens is 418 g/mol. The Bertz CT molecular complexity index is 1230. The third-order valence-corrected chi connectivity index (χ3v) is 4.75. The number of hydrogen-bond acceptors (Lipinski definition) is 6. The minimum absolute atomic E-state index is 0.0496. The molecule has 10 heteroatoms. The van der Waals surface area contributed by atoms with Crippen LogP contribution in [0.1, 0.15) is 13.8 Å². The molecule has 2 heterocycles. The van der Waals surface area contributed by atoms with Gasteiger partial charge in [0.1, 0.15) is 5.75 Å². The number of halogens is 1. The lowest BCUT2D eigenvalue weighted by atomic mass is 10.2. The van der Waals surface area contributed by atoms with E-state index in [1.807, 2.05) is 39.1 Å². The van der Waals surface area contributed by atoms with Crippen molar-refractivity contribution in [2.45, 2.75) is 19.9 Å². The first-order valence-corrected chi connectivity index (χ1v) is 10.1. The molecule has 31 heavy (non-hydrogen) atoms. The van der Waals surface area contributed by atoms with Gasteiger partial charge < -0.3 is 15.4 Å². The van der Waals surface area contributed by atoms with Crippen molar-refractivity contribution in [2.24, 2.45) is 7.05 Å². The van der Waals surface area contributed by atoms with Crippen LogP contribution in [0.3, 0.4) is 0 Å². The molecular formula is C21H22ClN7O2. The third-order valence-electron chi connectivity index (χ3n) is 4.46. The van der Waals surface area contributed by atoms with Crippen LogP contribution in [0.5, 0.6) is 5.75 Å². The highest BCUT2D eigenvalue weighted by molar-refractivity contribution is 6.32. The highest BCUT2D eigenvalue weighted by atomic mass is 35.5. The maximum Gasteiger partial charge on any atom is 0.258 e. The van der Waals surface area contributed by atoms with Crippen molar-refractivity contribution in [1.29, 1.82) is 0 Å². The molecule has 0 aliphatic rings. The predicted octanol–water partition coefficient (Wildman–Crippen LogP) is 3.66. The molecule has 0 fully saturated rings. The highest BCUT2D eigenvalue weighted by Gasteiger charge is 2.13. The van der Waals surface area contributed by atoms with Crippen molar-refractivity contribution >= 4 is 40.0 Å². The zero-order valence-corrected chi connectivity index (χ0v) is 18.1. The summed E-state index contributed by atoms with van der Waals surface area (Å²) in [6, 6.07) is 11.1. The maximum atomic E-state index is 11.8. The number of fused-ring (bicyclic) bond motifs is 1. The van der Waals surface area contributed by atoms with E-state index in [0.29, 0.717) is 22.5 Å². The summed E-state index contributed by atoms with van der Waals surface area (Å²) in [4.78, 5) is 16.3. The summed E-state index contributed by atoms with van der Waals surface area (Å²) >= 11 is 6.35. The summed E-state index contributed by atoms with van der Waals surface area (Å²) in [5, 5.41) is 18.8. The van der Waals surface area contributed by atoms with E-state index in [9.17, 15) is 4.79 Å². The number of nitrogens with one attached hydrogen (secondary N) is 3. The quantitative estimate of drug-likeness (QED) is 0.405. The lowest BCUT2D eigenvalue weighted by Gasteiger charge is -2.11. The van der Waals surface area contributed by atoms with Gasteiger partial charge in [-0.1, -0.05) is 11.6 Å². The predicted molar refractivity (Wildman–Crippen MR) is 120 cm³/mol. The van der Waals surface area contributed by atoms with Crippen LogP contribution in [0, 0.1) is 0 Å². The largest absolute Gasteiger partial charge is 0.482 e. The van der Waals surface area contributed by atoms with Crippen LogP contribution in [0.4, 0.5) is 11.6 Å². The van der Waals surface area contributed by atoms with E-state index < -0.39 is 0 Å². The van der Waals surface area contributed by atoms with Gasteiger partial charge in [0.15, 0.2) is 12.4 Å². The summed E-state index contributed by atoms with van der Waals surface area (Å²) in [7, 11) is 1.81. The summed E-state index contributed by atoms with van der Waals surface area (Å²) in [6.07, 6.45) is 1.76. The van der Waals surface area contributed by atoms with Crippen LogP contribution in [-0.4, -0.2) is 43.5 Å². The first kappa shape index (κ1) is 20.7. The van der Waals surface area contributed by atoms with Gasteiger partial charge in [0.25, 0.3) is 5.91 Å². The minimum Gasteiger partial charge on any atom is -0.482 e. The topological polar surface area (TPSA) is 110 Å². The van der Waals surface area contributed by atoms with Gasteiger partial charge in [-0.05, 0) is 50.2 Å². The number of H-pyrrole nitrogens is 1. The average Bonchev–Trinajstić information content (AvgIpc) is 3.33. The standard InChI is InChI=1S/C21H22ClN7O2/c1-12(2)24-19(30)11-31-18-7-4-13(9-16(18)22)20-26-21(29(3)28-20)25-15-5-6-17-14(8-15)10-23-27-17/h4-10,12H,11H2,1-3H3,(H,23,27)(H,24,30)(H,25,26,28). The lowest BCUT2D eigenvalue weighted by molar-refractivity contribution is -0.123. The first-order chi connectivity index (χ1) is 14.9. The molecule has 0 aliphatic carbocycles. The van der Waals surface area contributed by atoms with Crippen LogP contribution in [0.2, 0.25) is 5.02 Å². The molecule has 2 aromatic carbocycles. The fourth-order valence-electron chi connectivity index (χ4n) is 3.03. The Balaban J connectivity index is 1.48. The van der Waals surface area contributed by atoms with Gasteiger partial charge in [0.2, 0.25) is 5.95 Å². The molecule has 9 nitrogen and oxygen atoms in total. The number of ether oxygens (including phenoxy) is 1. The van der Waals surface area contributed by atoms with Crippen molar-refractivity contribution in [2.75, 3.05) is 11.9 Å². The zero-order chi connectivity index (χ0) is 22.0. The van der Waals surface area contributed by atoms with Gasteiger partial charge >= 0.3 is 0 Å². The van der Waals surface area contributed by atoms with Gasteiger partial charge in [-0.3, -0.25) is 9.89 Å². The molecule has 160 valence electrons. The molecule has 0 radical (unpaired) electrons. The van der Waals surface area contributed by atoms with Crippen LogP contribution in [0.25, 0.3) is 22.3 Å². The number of rotatable bonds is 7. The molecule has 1 amide bonds. The van der Waals surface area contributed by atoms with Crippen LogP contribution in [-0.2, 0) is 11.8 Å². The SMILES string of the molecule is CC(C)NC(=O)COc1ccc(-c2nc(Nc3ccc4[nH]ncc4c3)n(C)n2)cc1Cl. The second kappa shape index (κ2) is 8.65. The molecule has 0 bridgehead atoms. The number of carbonyl (C=O) groups is 1. The molecule has 0 aliphatic heterocycles. The number of aryl methyl sites for hydroxylation is 1. The molecule has 3 N–H and O–H groups in total. The number of amides is 1. The Morgan fingerprint density at radius 2 is 2.10 bits per heavy atom. The van der Waals surface area contributed by atoms with E-state index in [1.54, 1.807) is 29.1 Å². The second-order valence-electron chi connectivity index (χ2n) is 7.34. The molecule has 0 saturated heterocycles. The van der Waals surface area contributed by atoms with Crippen molar-refractivity contribution in [3.8, 4) is 17.1 Å². The molecule has 4 rings (SSSR count). The van der Waals surface area contributed by atoms with Gasteiger partial charge in [-0.2, -0.15) is 10.1 Å². The Morgan fingerprint density at radius 1 is 1.26 bits per heavy atom. The first-order valence-electron chi connectivity index (χ1n) is 9.72. The average molecular weight is 440 g/mol. The molecule has 0 atom stereocenters. The Labute approximate surface area is 183 Å². The molecule has 0 unspecified atom stereocenters. The number of benzene rings is 2. The Kier molecular flexibility index (Phi) is 5.77. The van der Waals surface area contributed by atoms with Crippen molar-refractivity contribution < 1.29 is 9.53 Å². The smallest absolute Gasteiger partial charge is 0.258 e. The van der Waals surface area contributed by atoms with E-state index in [-0.39, 0.29) is 18.6 Å². The van der Waals surface area contributed by atoms with E-state index in [1.165, 1.54) is 0 Å². The van der Waals surface area contributed by atoms with Crippen molar-refractivity contribution in [1.82, 2.24) is 30.3 Å². The normalized spacial score (nSPS) is 11.1. The Hall–Kier alpha value is -3.59. The number of hydrogen-bond donors (Lipinski definition) is 3. The van der Waals surface area contributed by atoms with E-state index in [2.05, 4.69) is 30.9 Å². The number of nitrogens with zero attached hydrogens (tertiary/aromatic N) is 4. The van der Waals surface area contributed by atoms with E-state index in [4.69, 9.17) is 16.3 Å². The number of anilines is 2. The molecule has 4 aromatic rings. The van der Waals surface area contributed by atoms with Gasteiger partial charge in [-0.25, -0.2) is 4.68 Å². The summed E-state index contributed by atoms with van der Waals surface area (Å²) in [6.45, 7) is 3.67. The summed E-state index contributed by atoms with van der Waals surface area (Å²) < 4.78 is 7.17. The van der Waals surface area contributed by atoms with Crippen LogP contribution >= 0.6 is 11.6 Å². The summed E-state index contributed by atoms with van der Waals surface area (Å²) in [5.74, 6) is 1.32. The highest BCUT2D eigenvalue weighted by Crippen LogP contribution is 2.30. The third kappa shape index (κ3) is 4.77. The van der Waals surface area contributed by atoms with Gasteiger partial charge in [-0.15, -0.1) is 5.10 Å². The number of aromatic nitrogens is 5. The van der Waals surface area contributed by atoms with E-state index in [0.717, 1.165) is 22.2 Å². The molecule has 0 spiro atoms. The number of carbonyl (C=O) groups excluding carboxylic acids is 1.